The molecule has 0 amide bonds. The van der Waals surface area contributed by atoms with E-state index < -0.39 is 5.63 Å². The molecule has 0 radical (unpaired) electrons. The Morgan fingerprint density at radius 1 is 1.12 bits per heavy atom. The number of hydrogen-bond donors (Lipinski definition) is 1. The number of aromatic hydroxyl groups is 1. The average Bonchev–Trinajstić information content (AvgIpc) is 2.58. The smallest absolute Gasteiger partial charge is 0.336 e. The van der Waals surface area contributed by atoms with Gasteiger partial charge in [0.15, 0.2) is 0 Å². The molecule has 0 aliphatic carbocycles. The van der Waals surface area contributed by atoms with Gasteiger partial charge in [-0.1, -0.05) is 36.3 Å². The standard InChI is InChI=1S/C20H14O4/c1-2-11-23-18-6-4-3-5-14(18)7-8-15-12-20(22)24-19-13-16(21)9-10-17(15)19/h1,3-10,12-13,21H,11H2/b8-7+. The fourth-order valence-electron chi connectivity index (χ4n) is 2.36. The van der Waals surface area contributed by atoms with Crippen molar-refractivity contribution in [1.82, 2.24) is 0 Å². The van der Waals surface area contributed by atoms with E-state index in [2.05, 4.69) is 5.92 Å². The van der Waals surface area contributed by atoms with Crippen LogP contribution in [0.5, 0.6) is 11.5 Å². The van der Waals surface area contributed by atoms with Gasteiger partial charge in [-0.25, -0.2) is 4.79 Å². The molecule has 118 valence electrons. The molecule has 0 bridgehead atoms. The lowest BCUT2D eigenvalue weighted by Gasteiger charge is -2.06. The molecule has 3 rings (SSSR count). The molecule has 0 fully saturated rings. The second-order valence-electron chi connectivity index (χ2n) is 5.07. The molecule has 3 aromatic rings. The second kappa shape index (κ2) is 6.76. The van der Waals surface area contributed by atoms with Crippen LogP contribution in [0.1, 0.15) is 11.1 Å². The molecule has 0 saturated heterocycles. The van der Waals surface area contributed by atoms with Crippen molar-refractivity contribution in [2.24, 2.45) is 0 Å². The predicted octanol–water partition coefficient (Wildman–Crippen LogP) is 3.68. The predicted molar refractivity (Wildman–Crippen MR) is 93.8 cm³/mol. The summed E-state index contributed by atoms with van der Waals surface area (Å²) >= 11 is 0. The van der Waals surface area contributed by atoms with Gasteiger partial charge < -0.3 is 14.3 Å². The molecule has 0 spiro atoms. The first kappa shape index (κ1) is 15.4. The number of phenolic OH excluding ortho intramolecular Hbond substituents is 1. The van der Waals surface area contributed by atoms with Gasteiger partial charge in [0.05, 0.1) is 0 Å². The van der Waals surface area contributed by atoms with Crippen LogP contribution in [-0.4, -0.2) is 11.7 Å². The van der Waals surface area contributed by atoms with E-state index in [-0.39, 0.29) is 12.4 Å². The zero-order valence-electron chi connectivity index (χ0n) is 12.7. The lowest BCUT2D eigenvalue weighted by atomic mass is 10.1. The van der Waals surface area contributed by atoms with E-state index in [1.165, 1.54) is 12.1 Å². The Morgan fingerprint density at radius 3 is 2.75 bits per heavy atom. The molecule has 0 unspecified atom stereocenters. The maximum atomic E-state index is 11.7. The Hall–Kier alpha value is -3.45. The Morgan fingerprint density at radius 2 is 1.92 bits per heavy atom. The summed E-state index contributed by atoms with van der Waals surface area (Å²) in [5.41, 5.74) is 1.38. The molecule has 2 aromatic carbocycles. The van der Waals surface area contributed by atoms with Crippen LogP contribution in [-0.2, 0) is 0 Å². The van der Waals surface area contributed by atoms with E-state index in [0.717, 1.165) is 10.9 Å². The number of benzene rings is 2. The zero-order chi connectivity index (χ0) is 16.9. The SMILES string of the molecule is C#CCOc1ccccc1/C=C/c1cc(=O)oc2cc(O)ccc12. The van der Waals surface area contributed by atoms with Crippen LogP contribution < -0.4 is 10.4 Å². The Kier molecular flexibility index (Phi) is 4.35. The van der Waals surface area contributed by atoms with Crippen molar-refractivity contribution in [3.63, 3.8) is 0 Å². The molecule has 1 heterocycles. The number of hydrogen-bond acceptors (Lipinski definition) is 4. The minimum absolute atomic E-state index is 0.0415. The molecule has 24 heavy (non-hydrogen) atoms. The summed E-state index contributed by atoms with van der Waals surface area (Å²) in [6.07, 6.45) is 8.86. The van der Waals surface area contributed by atoms with E-state index in [1.54, 1.807) is 18.2 Å². The highest BCUT2D eigenvalue weighted by Crippen LogP contribution is 2.25. The van der Waals surface area contributed by atoms with E-state index in [4.69, 9.17) is 15.6 Å². The normalized spacial score (nSPS) is 10.8. The second-order valence-corrected chi connectivity index (χ2v) is 5.07. The van der Waals surface area contributed by atoms with Gasteiger partial charge in [-0.15, -0.1) is 6.42 Å². The van der Waals surface area contributed by atoms with Crippen LogP contribution in [0.15, 0.2) is 57.7 Å². The number of ether oxygens (including phenoxy) is 1. The fourth-order valence-corrected chi connectivity index (χ4v) is 2.36. The van der Waals surface area contributed by atoms with Gasteiger partial charge in [0.1, 0.15) is 23.7 Å². The highest BCUT2D eigenvalue weighted by molar-refractivity contribution is 5.90. The first-order chi connectivity index (χ1) is 11.7. The van der Waals surface area contributed by atoms with Gasteiger partial charge in [0, 0.05) is 23.1 Å². The molecule has 0 aliphatic heterocycles. The molecule has 0 atom stereocenters. The highest BCUT2D eigenvalue weighted by atomic mass is 16.5. The maximum Gasteiger partial charge on any atom is 0.336 e. The molecular weight excluding hydrogens is 304 g/mol. The zero-order valence-corrected chi connectivity index (χ0v) is 12.7. The van der Waals surface area contributed by atoms with Gasteiger partial charge >= 0.3 is 5.63 Å². The largest absolute Gasteiger partial charge is 0.508 e. The highest BCUT2D eigenvalue weighted by Gasteiger charge is 2.05. The van der Waals surface area contributed by atoms with Crippen LogP contribution >= 0.6 is 0 Å². The third-order valence-electron chi connectivity index (χ3n) is 3.43. The summed E-state index contributed by atoms with van der Waals surface area (Å²) in [7, 11) is 0. The molecule has 0 saturated carbocycles. The van der Waals surface area contributed by atoms with Crippen LogP contribution in [0.25, 0.3) is 23.1 Å². The lowest BCUT2D eigenvalue weighted by Crippen LogP contribution is -1.98. The van der Waals surface area contributed by atoms with E-state index in [0.29, 0.717) is 16.9 Å². The Labute approximate surface area is 138 Å². The maximum absolute atomic E-state index is 11.7. The van der Waals surface area contributed by atoms with Crippen LogP contribution in [0.4, 0.5) is 0 Å². The van der Waals surface area contributed by atoms with Gasteiger partial charge in [0.25, 0.3) is 0 Å². The quantitative estimate of drug-likeness (QED) is 0.589. The van der Waals surface area contributed by atoms with Crippen molar-refractivity contribution >= 4 is 23.1 Å². The van der Waals surface area contributed by atoms with Crippen LogP contribution in [0.3, 0.4) is 0 Å². The van der Waals surface area contributed by atoms with Gasteiger partial charge in [-0.3, -0.25) is 0 Å². The van der Waals surface area contributed by atoms with E-state index in [9.17, 15) is 9.90 Å². The first-order valence-corrected chi connectivity index (χ1v) is 7.27. The molecule has 1 N–H and O–H groups in total. The third-order valence-corrected chi connectivity index (χ3v) is 3.43. The average molecular weight is 318 g/mol. The Bertz CT molecular complexity index is 1010. The van der Waals surface area contributed by atoms with Gasteiger partial charge in [0.2, 0.25) is 0 Å². The molecular formula is C20H14O4. The minimum Gasteiger partial charge on any atom is -0.508 e. The number of rotatable bonds is 4. The molecule has 1 aromatic heterocycles. The molecule has 4 nitrogen and oxygen atoms in total. The number of fused-ring (bicyclic) bond motifs is 1. The van der Waals surface area contributed by atoms with E-state index in [1.807, 2.05) is 30.3 Å². The minimum atomic E-state index is -0.482. The van der Waals surface area contributed by atoms with Crippen LogP contribution in [0.2, 0.25) is 0 Å². The summed E-state index contributed by atoms with van der Waals surface area (Å²) in [6, 6.07) is 13.5. The topological polar surface area (TPSA) is 59.7 Å². The number of para-hydroxylation sites is 1. The molecule has 0 aliphatic rings. The summed E-state index contributed by atoms with van der Waals surface area (Å²) < 4.78 is 10.6. The van der Waals surface area contributed by atoms with Crippen molar-refractivity contribution in [3.05, 3.63) is 70.1 Å². The Balaban J connectivity index is 2.03. The summed E-state index contributed by atoms with van der Waals surface area (Å²) in [5.74, 6) is 3.14. The first-order valence-electron chi connectivity index (χ1n) is 7.27. The monoisotopic (exact) mass is 318 g/mol. The van der Waals surface area contributed by atoms with E-state index >= 15 is 0 Å². The summed E-state index contributed by atoms with van der Waals surface area (Å²) in [4.78, 5) is 11.7. The van der Waals surface area contributed by atoms with Crippen molar-refractivity contribution in [1.29, 1.82) is 0 Å². The number of terminal acetylenes is 1. The fraction of sp³-hybridized carbons (Fsp3) is 0.0500. The van der Waals surface area contributed by atoms with Crippen molar-refractivity contribution in [3.8, 4) is 23.8 Å². The number of phenols is 1. The lowest BCUT2D eigenvalue weighted by molar-refractivity contribution is 0.369. The van der Waals surface area contributed by atoms with Crippen molar-refractivity contribution in [2.45, 2.75) is 0 Å². The van der Waals surface area contributed by atoms with Crippen molar-refractivity contribution in [2.75, 3.05) is 6.61 Å². The molecule has 4 heteroatoms. The van der Waals surface area contributed by atoms with Crippen LogP contribution in [0, 0.1) is 12.3 Å². The summed E-state index contributed by atoms with van der Waals surface area (Å²) in [5, 5.41) is 10.3. The summed E-state index contributed by atoms with van der Waals surface area (Å²) in [6.45, 7) is 0.183. The van der Waals surface area contributed by atoms with Gasteiger partial charge in [-0.2, -0.15) is 0 Å². The van der Waals surface area contributed by atoms with Crippen molar-refractivity contribution < 1.29 is 14.3 Å². The third kappa shape index (κ3) is 3.31. The van der Waals surface area contributed by atoms with Gasteiger partial charge in [-0.05, 0) is 23.8 Å².